The molecule has 0 aliphatic heterocycles. The highest BCUT2D eigenvalue weighted by Crippen LogP contribution is 2.04. The molecule has 0 saturated carbocycles. The van der Waals surface area contributed by atoms with Gasteiger partial charge in [-0.2, -0.15) is 10.4 Å². The summed E-state index contributed by atoms with van der Waals surface area (Å²) >= 11 is 0. The van der Waals surface area contributed by atoms with E-state index >= 15 is 0 Å². The topological polar surface area (TPSA) is 65.2 Å². The average molecular weight is 215 g/mol. The molecule has 0 aromatic heterocycles. The summed E-state index contributed by atoms with van der Waals surface area (Å²) in [7, 11) is 0. The van der Waals surface area contributed by atoms with E-state index in [0.717, 1.165) is 5.56 Å². The lowest BCUT2D eigenvalue weighted by atomic mass is 10.1. The highest BCUT2D eigenvalue weighted by Gasteiger charge is 1.99. The smallest absolute Gasteiger partial charge is 0.254 e. The van der Waals surface area contributed by atoms with Crippen LogP contribution in [0.3, 0.4) is 0 Å². The number of amides is 1. The highest BCUT2D eigenvalue weighted by molar-refractivity contribution is 5.99. The molecule has 0 atom stereocenters. The van der Waals surface area contributed by atoms with Crippen molar-refractivity contribution in [3.8, 4) is 6.07 Å². The second kappa shape index (κ2) is 5.66. The van der Waals surface area contributed by atoms with E-state index in [0.29, 0.717) is 5.71 Å². The third-order valence-corrected chi connectivity index (χ3v) is 2.06. The second-order valence-corrected chi connectivity index (χ2v) is 3.43. The minimum absolute atomic E-state index is 0.176. The van der Waals surface area contributed by atoms with Gasteiger partial charge in [0.1, 0.15) is 6.42 Å². The fourth-order valence-electron chi connectivity index (χ4n) is 1.12. The Morgan fingerprint density at radius 2 is 2.06 bits per heavy atom. The molecular weight excluding hydrogens is 202 g/mol. The molecule has 0 saturated heterocycles. The third kappa shape index (κ3) is 3.54. The van der Waals surface area contributed by atoms with Crippen LogP contribution < -0.4 is 5.43 Å². The predicted molar refractivity (Wildman–Crippen MR) is 61.8 cm³/mol. The fraction of sp³-hybridized carbons (Fsp3) is 0.250. The molecule has 4 heteroatoms. The Labute approximate surface area is 94.6 Å². The standard InChI is InChI=1S/C12H13N3O/c1-9-3-5-11(6-4-9)10(2)14-15-12(16)7-8-13/h3-6H,7H2,1-2H3,(H,15,16)/b14-10-. The fourth-order valence-corrected chi connectivity index (χ4v) is 1.12. The van der Waals surface area contributed by atoms with Crippen molar-refractivity contribution in [2.24, 2.45) is 5.10 Å². The van der Waals surface area contributed by atoms with Gasteiger partial charge in [-0.3, -0.25) is 4.79 Å². The number of nitrogens with one attached hydrogen (secondary N) is 1. The van der Waals surface area contributed by atoms with Crippen molar-refractivity contribution in [2.45, 2.75) is 20.3 Å². The van der Waals surface area contributed by atoms with Crippen LogP contribution in [-0.4, -0.2) is 11.6 Å². The van der Waals surface area contributed by atoms with Crippen LogP contribution in [0, 0.1) is 18.3 Å². The summed E-state index contributed by atoms with van der Waals surface area (Å²) in [6.07, 6.45) is -0.176. The average Bonchev–Trinajstić information content (AvgIpc) is 2.27. The van der Waals surface area contributed by atoms with Gasteiger partial charge >= 0.3 is 0 Å². The molecule has 0 fully saturated rings. The Morgan fingerprint density at radius 3 is 2.62 bits per heavy atom. The number of hydrazone groups is 1. The van der Waals surface area contributed by atoms with Crippen molar-refractivity contribution in [3.05, 3.63) is 35.4 Å². The second-order valence-electron chi connectivity index (χ2n) is 3.43. The van der Waals surface area contributed by atoms with Gasteiger partial charge in [0, 0.05) is 0 Å². The molecule has 0 spiro atoms. The van der Waals surface area contributed by atoms with E-state index in [1.54, 1.807) is 13.0 Å². The molecule has 82 valence electrons. The molecule has 0 unspecified atom stereocenters. The minimum atomic E-state index is -0.394. The number of hydrogen-bond acceptors (Lipinski definition) is 3. The Balaban J connectivity index is 2.67. The van der Waals surface area contributed by atoms with Crippen LogP contribution in [0.4, 0.5) is 0 Å². The van der Waals surface area contributed by atoms with Crippen LogP contribution in [0.5, 0.6) is 0 Å². The van der Waals surface area contributed by atoms with Crippen LogP contribution in [0.1, 0.15) is 24.5 Å². The SMILES string of the molecule is C/C(=N/NC(=O)CC#N)c1ccc(C)cc1. The van der Waals surface area contributed by atoms with E-state index < -0.39 is 5.91 Å². The lowest BCUT2D eigenvalue weighted by molar-refractivity contribution is -0.120. The van der Waals surface area contributed by atoms with Crippen molar-refractivity contribution in [3.63, 3.8) is 0 Å². The van der Waals surface area contributed by atoms with Crippen molar-refractivity contribution in [1.82, 2.24) is 5.43 Å². The maximum Gasteiger partial charge on any atom is 0.254 e. The van der Waals surface area contributed by atoms with Crippen LogP contribution in [0.15, 0.2) is 29.4 Å². The summed E-state index contributed by atoms with van der Waals surface area (Å²) in [5.41, 5.74) is 5.16. The summed E-state index contributed by atoms with van der Waals surface area (Å²) < 4.78 is 0. The molecule has 16 heavy (non-hydrogen) atoms. The third-order valence-electron chi connectivity index (χ3n) is 2.06. The molecule has 1 N–H and O–H groups in total. The summed E-state index contributed by atoms with van der Waals surface area (Å²) in [4.78, 5) is 11.0. The molecule has 0 aliphatic carbocycles. The van der Waals surface area contributed by atoms with Crippen LogP contribution in [-0.2, 0) is 4.79 Å². The molecule has 4 nitrogen and oxygen atoms in total. The normalized spacial score (nSPS) is 10.7. The van der Waals surface area contributed by atoms with Crippen LogP contribution in [0.25, 0.3) is 0 Å². The van der Waals surface area contributed by atoms with Crippen molar-refractivity contribution < 1.29 is 4.79 Å². The van der Waals surface area contributed by atoms with Gasteiger partial charge in [-0.1, -0.05) is 29.8 Å². The summed E-state index contributed by atoms with van der Waals surface area (Å²) in [6, 6.07) is 9.58. The Bertz CT molecular complexity index is 440. The molecular formula is C12H13N3O. The number of nitriles is 1. The number of rotatable bonds is 3. The lowest BCUT2D eigenvalue weighted by Gasteiger charge is -2.01. The van der Waals surface area contributed by atoms with Gasteiger partial charge in [-0.25, -0.2) is 5.43 Å². The molecule has 1 aromatic carbocycles. The van der Waals surface area contributed by atoms with E-state index in [9.17, 15) is 4.79 Å². The van der Waals surface area contributed by atoms with Gasteiger partial charge in [0.2, 0.25) is 0 Å². The Hall–Kier alpha value is -2.15. The number of benzene rings is 1. The molecule has 0 bridgehead atoms. The number of nitrogens with zero attached hydrogens (tertiary/aromatic N) is 2. The maximum absolute atomic E-state index is 11.0. The van der Waals surface area contributed by atoms with E-state index in [2.05, 4.69) is 10.5 Å². The number of hydrogen-bond donors (Lipinski definition) is 1. The largest absolute Gasteiger partial charge is 0.272 e. The molecule has 0 radical (unpaired) electrons. The van der Waals surface area contributed by atoms with Gasteiger partial charge in [-0.05, 0) is 19.4 Å². The maximum atomic E-state index is 11.0. The van der Waals surface area contributed by atoms with Gasteiger partial charge < -0.3 is 0 Å². The Kier molecular flexibility index (Phi) is 4.22. The first-order chi connectivity index (χ1) is 7.63. The summed E-state index contributed by atoms with van der Waals surface area (Å²) in [6.45, 7) is 3.81. The quantitative estimate of drug-likeness (QED) is 0.616. The van der Waals surface area contributed by atoms with E-state index in [1.165, 1.54) is 5.56 Å². The Morgan fingerprint density at radius 1 is 1.44 bits per heavy atom. The highest BCUT2D eigenvalue weighted by atomic mass is 16.2. The first kappa shape index (κ1) is 11.9. The molecule has 0 aliphatic rings. The van der Waals surface area contributed by atoms with E-state index in [4.69, 9.17) is 5.26 Å². The molecule has 1 amide bonds. The zero-order valence-electron chi connectivity index (χ0n) is 9.32. The van der Waals surface area contributed by atoms with Gasteiger partial charge in [0.15, 0.2) is 0 Å². The first-order valence-corrected chi connectivity index (χ1v) is 4.90. The van der Waals surface area contributed by atoms with Crippen LogP contribution >= 0.6 is 0 Å². The predicted octanol–water partition coefficient (Wildman–Crippen LogP) is 1.75. The van der Waals surface area contributed by atoms with Crippen molar-refractivity contribution in [2.75, 3.05) is 0 Å². The number of carbonyl (C=O) groups excluding carboxylic acids is 1. The summed E-state index contributed by atoms with van der Waals surface area (Å²) in [5.74, 6) is -0.394. The van der Waals surface area contributed by atoms with Crippen molar-refractivity contribution >= 4 is 11.6 Å². The number of aryl methyl sites for hydroxylation is 1. The zero-order chi connectivity index (χ0) is 12.0. The van der Waals surface area contributed by atoms with Crippen molar-refractivity contribution in [1.29, 1.82) is 5.26 Å². The first-order valence-electron chi connectivity index (χ1n) is 4.90. The van der Waals surface area contributed by atoms with Gasteiger partial charge in [-0.15, -0.1) is 0 Å². The summed E-state index contributed by atoms with van der Waals surface area (Å²) in [5, 5.41) is 12.2. The zero-order valence-corrected chi connectivity index (χ0v) is 9.32. The lowest BCUT2D eigenvalue weighted by Crippen LogP contribution is -2.18. The molecule has 1 aromatic rings. The molecule has 1 rings (SSSR count). The van der Waals surface area contributed by atoms with Crippen LogP contribution in [0.2, 0.25) is 0 Å². The van der Waals surface area contributed by atoms with Gasteiger partial charge in [0.25, 0.3) is 5.91 Å². The molecule has 0 heterocycles. The number of carbonyl (C=O) groups is 1. The van der Waals surface area contributed by atoms with Gasteiger partial charge in [0.05, 0.1) is 11.8 Å². The van der Waals surface area contributed by atoms with E-state index in [-0.39, 0.29) is 6.42 Å². The monoisotopic (exact) mass is 215 g/mol. The minimum Gasteiger partial charge on any atom is -0.272 e. The van der Waals surface area contributed by atoms with E-state index in [1.807, 2.05) is 31.2 Å².